The van der Waals surface area contributed by atoms with Gasteiger partial charge in [0, 0.05) is 36.3 Å². The molecular weight excluding hydrogens is 465 g/mol. The molecule has 0 spiro atoms. The van der Waals surface area contributed by atoms with Gasteiger partial charge < -0.3 is 9.30 Å². The number of hydrogen-bond donors (Lipinski definition) is 0. The Morgan fingerprint density at radius 1 is 1.14 bits per heavy atom. The quantitative estimate of drug-likeness (QED) is 0.289. The van der Waals surface area contributed by atoms with Crippen LogP contribution in [-0.4, -0.2) is 62.6 Å². The van der Waals surface area contributed by atoms with Gasteiger partial charge in [-0.3, -0.25) is 14.3 Å². The first-order chi connectivity index (χ1) is 16.9. The Bertz CT molecular complexity index is 1150. The van der Waals surface area contributed by atoms with Gasteiger partial charge in [0.1, 0.15) is 5.82 Å². The molecule has 1 aliphatic heterocycles. The van der Waals surface area contributed by atoms with Crippen LogP contribution in [0.5, 0.6) is 0 Å². The molecule has 0 saturated carbocycles. The zero-order valence-corrected chi connectivity index (χ0v) is 21.8. The maximum Gasteiger partial charge on any atom is 0.196 e. The number of halogens is 1. The Labute approximate surface area is 210 Å². The molecule has 0 amide bonds. The highest BCUT2D eigenvalue weighted by atomic mass is 32.2. The van der Waals surface area contributed by atoms with Gasteiger partial charge in [0.25, 0.3) is 0 Å². The molecule has 0 aliphatic carbocycles. The van der Waals surface area contributed by atoms with Crippen molar-refractivity contribution in [3.05, 3.63) is 58.9 Å². The second-order valence-electron chi connectivity index (χ2n) is 9.07. The Morgan fingerprint density at radius 3 is 2.54 bits per heavy atom. The highest BCUT2D eigenvalue weighted by Gasteiger charge is 2.26. The van der Waals surface area contributed by atoms with Crippen LogP contribution in [0.4, 0.5) is 4.39 Å². The van der Waals surface area contributed by atoms with E-state index >= 15 is 0 Å². The molecule has 9 heteroatoms. The third kappa shape index (κ3) is 5.68. The van der Waals surface area contributed by atoms with Crippen LogP contribution in [0.2, 0.25) is 0 Å². The second kappa shape index (κ2) is 11.5. The lowest BCUT2D eigenvalue weighted by atomic mass is 10.1. The monoisotopic (exact) mass is 499 g/mol. The Balaban J connectivity index is 1.58. The van der Waals surface area contributed by atoms with Crippen LogP contribution in [0.25, 0.3) is 5.69 Å². The molecular formula is C26H34FN5O2S. The number of aryl methyl sites for hydroxylation is 1. The van der Waals surface area contributed by atoms with Crippen LogP contribution in [0.15, 0.2) is 35.5 Å². The largest absolute Gasteiger partial charge is 0.383 e. The number of nitrogens with zero attached hydrogens (tertiary/aromatic N) is 5. The molecule has 0 unspecified atom stereocenters. The number of hydrogen-bond acceptors (Lipinski definition) is 6. The number of carbonyl (C=O) groups excluding carboxylic acids is 1. The lowest BCUT2D eigenvalue weighted by Gasteiger charge is -2.31. The average molecular weight is 500 g/mol. The van der Waals surface area contributed by atoms with Crippen molar-refractivity contribution in [3.63, 3.8) is 0 Å². The number of carbonyl (C=O) groups is 1. The fraction of sp³-hybridized carbons (Fsp3) is 0.500. The fourth-order valence-electron chi connectivity index (χ4n) is 4.77. The summed E-state index contributed by atoms with van der Waals surface area (Å²) in [5.74, 6) is 0.810. The van der Waals surface area contributed by atoms with Gasteiger partial charge in [-0.1, -0.05) is 18.2 Å². The molecule has 7 nitrogen and oxygen atoms in total. The zero-order chi connectivity index (χ0) is 24.9. The van der Waals surface area contributed by atoms with Crippen molar-refractivity contribution in [3.8, 4) is 5.69 Å². The maximum absolute atomic E-state index is 13.7. The number of methoxy groups -OCH3 is 1. The van der Waals surface area contributed by atoms with E-state index < -0.39 is 0 Å². The molecule has 1 atom stereocenters. The number of Topliss-reactive ketones (excluding diaryl/α,β-unsaturated/α-hetero) is 1. The van der Waals surface area contributed by atoms with E-state index in [-0.39, 0.29) is 23.4 Å². The van der Waals surface area contributed by atoms with Gasteiger partial charge in [0.05, 0.1) is 18.4 Å². The molecule has 3 aromatic rings. The predicted molar refractivity (Wildman–Crippen MR) is 136 cm³/mol. The summed E-state index contributed by atoms with van der Waals surface area (Å²) in [4.78, 5) is 15.6. The summed E-state index contributed by atoms with van der Waals surface area (Å²) in [6.45, 7) is 9.48. The first-order valence-corrected chi connectivity index (χ1v) is 13.2. The summed E-state index contributed by atoms with van der Waals surface area (Å²) in [6.07, 6.45) is 3.60. The van der Waals surface area contributed by atoms with Gasteiger partial charge in [0.2, 0.25) is 0 Å². The minimum absolute atomic E-state index is 0.0473. The van der Waals surface area contributed by atoms with Gasteiger partial charge >= 0.3 is 0 Å². The highest BCUT2D eigenvalue weighted by molar-refractivity contribution is 7.99. The summed E-state index contributed by atoms with van der Waals surface area (Å²) in [5.41, 5.74) is 3.51. The van der Waals surface area contributed by atoms with Crippen LogP contribution < -0.4 is 0 Å². The molecule has 1 aliphatic rings. The second-order valence-corrected chi connectivity index (χ2v) is 10.0. The molecule has 35 heavy (non-hydrogen) atoms. The minimum Gasteiger partial charge on any atom is -0.383 e. The van der Waals surface area contributed by atoms with Crippen molar-refractivity contribution in [2.24, 2.45) is 0 Å². The Morgan fingerprint density at radius 2 is 1.86 bits per heavy atom. The maximum atomic E-state index is 13.7. The van der Waals surface area contributed by atoms with Gasteiger partial charge in [-0.25, -0.2) is 4.39 Å². The van der Waals surface area contributed by atoms with Gasteiger partial charge in [-0.15, -0.1) is 10.2 Å². The number of ketones is 1. The zero-order valence-electron chi connectivity index (χ0n) is 21.0. The number of aromatic nitrogens is 4. The lowest BCUT2D eigenvalue weighted by Crippen LogP contribution is -2.33. The number of ether oxygens (including phenoxy) is 1. The first-order valence-electron chi connectivity index (χ1n) is 12.2. The van der Waals surface area contributed by atoms with Crippen LogP contribution in [0, 0.1) is 19.7 Å². The summed E-state index contributed by atoms with van der Waals surface area (Å²) in [7, 11) is 1.68. The number of benzene rings is 1. The van der Waals surface area contributed by atoms with Gasteiger partial charge in [0.15, 0.2) is 16.8 Å². The molecule has 1 saturated heterocycles. The molecule has 1 fully saturated rings. The van der Waals surface area contributed by atoms with E-state index in [9.17, 15) is 9.18 Å². The Hall–Kier alpha value is -2.49. The normalized spacial score (nSPS) is 15.5. The molecule has 0 bridgehead atoms. The van der Waals surface area contributed by atoms with Crippen molar-refractivity contribution in [1.29, 1.82) is 0 Å². The number of rotatable bonds is 10. The molecule has 4 rings (SSSR count). The number of piperidine rings is 1. The summed E-state index contributed by atoms with van der Waals surface area (Å²) < 4.78 is 22.9. The van der Waals surface area contributed by atoms with E-state index in [0.717, 1.165) is 41.6 Å². The Kier molecular flexibility index (Phi) is 8.41. The smallest absolute Gasteiger partial charge is 0.196 e. The standard InChI is InChI=1S/C26H34FN5O2S/c1-18-16-23(19(2)31(18)14-15-34-4)24(33)17-35-26-29-28-25(20(3)30-12-6-5-7-13-30)32(26)22-10-8-21(27)9-11-22/h8-11,16,20H,5-7,12-15,17H2,1-4H3/t20-/m0/s1. The van der Waals surface area contributed by atoms with E-state index in [2.05, 4.69) is 26.6 Å². The highest BCUT2D eigenvalue weighted by Crippen LogP contribution is 2.30. The molecule has 2 aromatic heterocycles. The topological polar surface area (TPSA) is 65.2 Å². The van der Waals surface area contributed by atoms with Crippen LogP contribution >= 0.6 is 11.8 Å². The molecule has 0 radical (unpaired) electrons. The predicted octanol–water partition coefficient (Wildman–Crippen LogP) is 4.99. The van der Waals surface area contributed by atoms with E-state index in [0.29, 0.717) is 18.3 Å². The minimum atomic E-state index is -0.291. The average Bonchev–Trinajstić information content (AvgIpc) is 3.42. The van der Waals surface area contributed by atoms with Crippen LogP contribution in [-0.2, 0) is 11.3 Å². The van der Waals surface area contributed by atoms with Crippen LogP contribution in [0.3, 0.4) is 0 Å². The van der Waals surface area contributed by atoms with Crippen molar-refractivity contribution in [2.45, 2.75) is 57.8 Å². The van der Waals surface area contributed by atoms with Gasteiger partial charge in [-0.2, -0.15) is 0 Å². The number of thioether (sulfide) groups is 1. The fourth-order valence-corrected chi connectivity index (χ4v) is 5.61. The third-order valence-electron chi connectivity index (χ3n) is 6.78. The van der Waals surface area contributed by atoms with Crippen LogP contribution in [0.1, 0.15) is 59.8 Å². The molecule has 3 heterocycles. The third-order valence-corrected chi connectivity index (χ3v) is 7.71. The van der Waals surface area contributed by atoms with Crippen molar-refractivity contribution < 1.29 is 13.9 Å². The number of likely N-dealkylation sites (tertiary alicyclic amines) is 1. The SMILES string of the molecule is COCCn1c(C)cc(C(=O)CSc2nnc([C@H](C)N3CCCCC3)n2-c2ccc(F)cc2)c1C. The van der Waals surface area contributed by atoms with Crippen molar-refractivity contribution in [1.82, 2.24) is 24.2 Å². The lowest BCUT2D eigenvalue weighted by molar-refractivity contribution is 0.102. The molecule has 1 aromatic carbocycles. The van der Waals surface area contributed by atoms with Gasteiger partial charge in [-0.05, 0) is 77.0 Å². The van der Waals surface area contributed by atoms with Crippen molar-refractivity contribution >= 4 is 17.5 Å². The van der Waals surface area contributed by atoms with E-state index in [1.165, 1.54) is 43.2 Å². The van der Waals surface area contributed by atoms with Crippen molar-refractivity contribution in [2.75, 3.05) is 32.6 Å². The van der Waals surface area contributed by atoms with E-state index in [1.54, 1.807) is 19.2 Å². The summed E-state index contributed by atoms with van der Waals surface area (Å²) in [6, 6.07) is 8.37. The molecule has 0 N–H and O–H groups in total. The first kappa shape index (κ1) is 25.6. The summed E-state index contributed by atoms with van der Waals surface area (Å²) >= 11 is 1.37. The van der Waals surface area contributed by atoms with E-state index in [4.69, 9.17) is 4.74 Å². The molecule has 188 valence electrons. The van der Waals surface area contributed by atoms with E-state index in [1.807, 2.05) is 24.5 Å². The summed E-state index contributed by atoms with van der Waals surface area (Å²) in [5, 5.41) is 9.64.